The summed E-state index contributed by atoms with van der Waals surface area (Å²) < 4.78 is 52.5. The molecule has 0 amide bonds. The molecule has 0 aliphatic heterocycles. The number of halogens is 4. The maximum Gasteiger partial charge on any atom is 0.417 e. The molecule has 1 unspecified atom stereocenters. The molecular weight excluding hydrogens is 300 g/mol. The summed E-state index contributed by atoms with van der Waals surface area (Å²) in [5.74, 6) is -1.35. The van der Waals surface area contributed by atoms with Gasteiger partial charge in [0.25, 0.3) is 0 Å². The second kappa shape index (κ2) is 5.88. The van der Waals surface area contributed by atoms with Crippen molar-refractivity contribution in [2.45, 2.75) is 19.2 Å². The summed E-state index contributed by atoms with van der Waals surface area (Å²) in [6.45, 7) is 1.18. The van der Waals surface area contributed by atoms with E-state index in [0.717, 1.165) is 18.2 Å². The van der Waals surface area contributed by atoms with Gasteiger partial charge in [0.05, 0.1) is 5.56 Å². The van der Waals surface area contributed by atoms with E-state index in [4.69, 9.17) is 0 Å². The SMILES string of the molecule is CC(O)C(=O)c1ccc(-c2ccc(F)cc2)c(C(F)(F)F)c1. The fourth-order valence-electron chi connectivity index (χ4n) is 2.05. The first-order valence-electron chi connectivity index (χ1n) is 6.39. The third-order valence-corrected chi connectivity index (χ3v) is 3.14. The highest BCUT2D eigenvalue weighted by Gasteiger charge is 2.34. The molecule has 6 heteroatoms. The zero-order valence-corrected chi connectivity index (χ0v) is 11.5. The normalized spacial score (nSPS) is 13.0. The molecule has 0 bridgehead atoms. The lowest BCUT2D eigenvalue weighted by Crippen LogP contribution is -2.17. The van der Waals surface area contributed by atoms with Gasteiger partial charge in [0, 0.05) is 5.56 Å². The first-order chi connectivity index (χ1) is 10.2. The molecule has 2 rings (SSSR count). The predicted octanol–water partition coefficient (Wildman–Crippen LogP) is 4.08. The molecule has 2 aromatic rings. The number of aliphatic hydroxyl groups excluding tert-OH is 1. The number of aliphatic hydroxyl groups is 1. The van der Waals surface area contributed by atoms with Crippen molar-refractivity contribution in [1.29, 1.82) is 0 Å². The van der Waals surface area contributed by atoms with Crippen LogP contribution in [0.25, 0.3) is 11.1 Å². The Balaban J connectivity index is 2.60. The van der Waals surface area contributed by atoms with Crippen LogP contribution in [0.15, 0.2) is 42.5 Å². The van der Waals surface area contributed by atoms with E-state index in [9.17, 15) is 27.5 Å². The Morgan fingerprint density at radius 3 is 2.18 bits per heavy atom. The summed E-state index contributed by atoms with van der Waals surface area (Å²) >= 11 is 0. The molecule has 0 aliphatic carbocycles. The van der Waals surface area contributed by atoms with Crippen molar-refractivity contribution in [1.82, 2.24) is 0 Å². The molecule has 116 valence electrons. The molecule has 0 saturated heterocycles. The average molecular weight is 312 g/mol. The number of alkyl halides is 3. The lowest BCUT2D eigenvalue weighted by atomic mass is 9.95. The Morgan fingerprint density at radius 2 is 1.68 bits per heavy atom. The highest BCUT2D eigenvalue weighted by Crippen LogP contribution is 2.37. The van der Waals surface area contributed by atoms with Gasteiger partial charge in [-0.3, -0.25) is 4.79 Å². The monoisotopic (exact) mass is 312 g/mol. The molecule has 22 heavy (non-hydrogen) atoms. The Hall–Kier alpha value is -2.21. The first-order valence-corrected chi connectivity index (χ1v) is 6.39. The van der Waals surface area contributed by atoms with Crippen molar-refractivity contribution < 1.29 is 27.5 Å². The van der Waals surface area contributed by atoms with Crippen LogP contribution in [-0.2, 0) is 6.18 Å². The minimum absolute atomic E-state index is 0.158. The van der Waals surface area contributed by atoms with Crippen LogP contribution in [0, 0.1) is 5.82 Å². The minimum Gasteiger partial charge on any atom is -0.385 e. The van der Waals surface area contributed by atoms with Gasteiger partial charge in [0.1, 0.15) is 11.9 Å². The van der Waals surface area contributed by atoms with E-state index in [2.05, 4.69) is 0 Å². The summed E-state index contributed by atoms with van der Waals surface area (Å²) in [7, 11) is 0. The summed E-state index contributed by atoms with van der Waals surface area (Å²) in [5, 5.41) is 9.21. The van der Waals surface area contributed by atoms with Crippen LogP contribution in [0.3, 0.4) is 0 Å². The zero-order chi connectivity index (χ0) is 16.5. The summed E-state index contributed by atoms with van der Waals surface area (Å²) in [5.41, 5.74) is -1.21. The van der Waals surface area contributed by atoms with E-state index >= 15 is 0 Å². The van der Waals surface area contributed by atoms with Crippen LogP contribution >= 0.6 is 0 Å². The second-order valence-corrected chi connectivity index (χ2v) is 4.81. The van der Waals surface area contributed by atoms with Gasteiger partial charge in [-0.25, -0.2) is 4.39 Å². The van der Waals surface area contributed by atoms with Crippen molar-refractivity contribution in [2.24, 2.45) is 0 Å². The highest BCUT2D eigenvalue weighted by molar-refractivity contribution is 5.99. The number of Topliss-reactive ketones (excluding diaryl/α,β-unsaturated/α-hetero) is 1. The van der Waals surface area contributed by atoms with Crippen LogP contribution in [0.2, 0.25) is 0 Å². The lowest BCUT2D eigenvalue weighted by molar-refractivity contribution is -0.137. The van der Waals surface area contributed by atoms with Gasteiger partial charge in [-0.15, -0.1) is 0 Å². The third kappa shape index (κ3) is 3.33. The van der Waals surface area contributed by atoms with E-state index in [1.54, 1.807) is 0 Å². The van der Waals surface area contributed by atoms with Crippen molar-refractivity contribution in [3.63, 3.8) is 0 Å². The quantitative estimate of drug-likeness (QED) is 0.685. The molecule has 0 aliphatic rings. The number of carbonyl (C=O) groups is 1. The molecule has 0 radical (unpaired) electrons. The summed E-state index contributed by atoms with van der Waals surface area (Å²) in [4.78, 5) is 11.6. The molecule has 0 spiro atoms. The van der Waals surface area contributed by atoms with Gasteiger partial charge in [0.15, 0.2) is 5.78 Å². The lowest BCUT2D eigenvalue weighted by Gasteiger charge is -2.15. The topological polar surface area (TPSA) is 37.3 Å². The largest absolute Gasteiger partial charge is 0.417 e. The number of ketones is 1. The van der Waals surface area contributed by atoms with E-state index in [-0.39, 0.29) is 16.7 Å². The van der Waals surface area contributed by atoms with Gasteiger partial charge in [-0.1, -0.05) is 24.3 Å². The van der Waals surface area contributed by atoms with Gasteiger partial charge < -0.3 is 5.11 Å². The predicted molar refractivity (Wildman–Crippen MR) is 72.8 cm³/mol. The smallest absolute Gasteiger partial charge is 0.385 e. The maximum atomic E-state index is 13.2. The third-order valence-electron chi connectivity index (χ3n) is 3.14. The standard InChI is InChI=1S/C16H12F4O2/c1-9(21)15(22)11-4-7-13(14(8-11)16(18,19)20)10-2-5-12(17)6-3-10/h2-9,21H,1H3. The summed E-state index contributed by atoms with van der Waals surface area (Å²) in [6.07, 6.45) is -6.07. The first kappa shape index (κ1) is 16.2. The number of benzene rings is 2. The van der Waals surface area contributed by atoms with Crippen LogP contribution in [-0.4, -0.2) is 17.0 Å². The number of carbonyl (C=O) groups excluding carboxylic acids is 1. The van der Waals surface area contributed by atoms with E-state index in [1.165, 1.54) is 25.1 Å². The van der Waals surface area contributed by atoms with Crippen molar-refractivity contribution in [3.05, 3.63) is 59.4 Å². The maximum absolute atomic E-state index is 13.2. The van der Waals surface area contributed by atoms with Crippen LogP contribution in [0.4, 0.5) is 17.6 Å². The Bertz CT molecular complexity index is 688. The highest BCUT2D eigenvalue weighted by atomic mass is 19.4. The van der Waals surface area contributed by atoms with E-state index in [0.29, 0.717) is 6.07 Å². The van der Waals surface area contributed by atoms with Gasteiger partial charge in [-0.05, 0) is 36.2 Å². The van der Waals surface area contributed by atoms with Crippen LogP contribution in [0.1, 0.15) is 22.8 Å². The molecule has 0 aromatic heterocycles. The zero-order valence-electron chi connectivity index (χ0n) is 11.5. The molecule has 2 aromatic carbocycles. The molecule has 1 atom stereocenters. The molecule has 2 nitrogen and oxygen atoms in total. The molecule has 0 saturated carbocycles. The van der Waals surface area contributed by atoms with Crippen LogP contribution in [0.5, 0.6) is 0 Å². The molecule has 0 heterocycles. The van der Waals surface area contributed by atoms with Gasteiger partial charge >= 0.3 is 6.18 Å². The average Bonchev–Trinajstić information content (AvgIpc) is 2.45. The van der Waals surface area contributed by atoms with Gasteiger partial charge in [-0.2, -0.15) is 13.2 Å². The molecule has 0 fully saturated rings. The van der Waals surface area contributed by atoms with Crippen molar-refractivity contribution >= 4 is 5.78 Å². The fourth-order valence-corrected chi connectivity index (χ4v) is 2.05. The number of rotatable bonds is 3. The number of hydrogen-bond acceptors (Lipinski definition) is 2. The summed E-state index contributed by atoms with van der Waals surface area (Å²) in [6, 6.07) is 7.64. The molecular formula is C16H12F4O2. The van der Waals surface area contributed by atoms with Crippen molar-refractivity contribution in [2.75, 3.05) is 0 Å². The fraction of sp³-hybridized carbons (Fsp3) is 0.188. The van der Waals surface area contributed by atoms with Crippen LogP contribution < -0.4 is 0 Å². The number of hydrogen-bond donors (Lipinski definition) is 1. The van der Waals surface area contributed by atoms with Gasteiger partial charge in [0.2, 0.25) is 0 Å². The molecule has 1 N–H and O–H groups in total. The Morgan fingerprint density at radius 1 is 1.09 bits per heavy atom. The second-order valence-electron chi connectivity index (χ2n) is 4.81. The Labute approximate surface area is 124 Å². The van der Waals surface area contributed by atoms with Crippen molar-refractivity contribution in [3.8, 4) is 11.1 Å². The Kier molecular flexibility index (Phi) is 4.32. The van der Waals surface area contributed by atoms with E-state index in [1.807, 2.05) is 0 Å². The minimum atomic E-state index is -4.68. The van der Waals surface area contributed by atoms with E-state index < -0.39 is 29.4 Å².